The molecular formula is C36H37N3O9. The minimum absolute atomic E-state index is 0.00726. The molecule has 0 radical (unpaired) electrons. The molecular weight excluding hydrogens is 618 g/mol. The zero-order valence-corrected chi connectivity index (χ0v) is 26.7. The number of likely N-dealkylation sites (N-methyl/N-ethyl adjacent to an activating group) is 1. The molecule has 0 heterocycles. The summed E-state index contributed by atoms with van der Waals surface area (Å²) >= 11 is 0. The number of rotatable bonds is 8. The number of fused-ring (bicyclic) bond motifs is 4. The Hall–Kier alpha value is -5.04. The minimum atomic E-state index is -2.70. The van der Waals surface area contributed by atoms with E-state index in [0.717, 1.165) is 21.9 Å². The maximum Gasteiger partial charge on any atom is 0.319 e. The van der Waals surface area contributed by atoms with Crippen LogP contribution in [0.3, 0.4) is 0 Å². The Morgan fingerprint density at radius 3 is 2.38 bits per heavy atom. The standard InChI is InChI=1S/C36H37N3O9/c1-4-48-26(41)16-38-15-17-9-10-21(20-8-6-5-7-19(17)20)22-11-12-25(40)28-23(22)13-18-14-24-30(39(2)3)32(43)29(35(37)46)34(45)36(24,47)33(44)27(18)31(28)42/h5-12,18,24,30,38,40,42,45,47H,4,13-16H2,1-3H3,(H2,37,46)/t18-,24-,30-,36-/m1/s1. The fraction of sp³-hybridized carbons (Fsp3) is 0.333. The first-order valence-corrected chi connectivity index (χ1v) is 15.7. The van der Waals surface area contributed by atoms with E-state index in [9.17, 15) is 39.6 Å². The van der Waals surface area contributed by atoms with E-state index in [4.69, 9.17) is 10.5 Å². The molecule has 3 aromatic carbocycles. The van der Waals surface area contributed by atoms with Crippen molar-refractivity contribution in [1.82, 2.24) is 10.2 Å². The van der Waals surface area contributed by atoms with Gasteiger partial charge in [0.25, 0.3) is 5.91 Å². The van der Waals surface area contributed by atoms with E-state index >= 15 is 0 Å². The lowest BCUT2D eigenvalue weighted by molar-refractivity contribution is -0.153. The molecule has 1 amide bonds. The van der Waals surface area contributed by atoms with E-state index < -0.39 is 58.0 Å². The van der Waals surface area contributed by atoms with E-state index in [1.807, 2.05) is 36.4 Å². The first-order chi connectivity index (χ1) is 22.8. The molecule has 0 aromatic heterocycles. The Bertz CT molecular complexity index is 1960. The number of phenols is 1. The number of ether oxygens (including phenoxy) is 1. The SMILES string of the molecule is CCOC(=O)CNCc1ccc(-c2ccc(O)c3c2C[C@@H]2C[C@@H]4[C@@H](N(C)C)C(=O)C(C(N)=O)=C(O)[C@]4(O)C(=O)C2=C3O)c2ccccc12. The fourth-order valence-electron chi connectivity index (χ4n) is 7.76. The molecule has 0 bridgehead atoms. The van der Waals surface area contributed by atoms with Crippen molar-refractivity contribution in [2.45, 2.75) is 38.0 Å². The number of carbonyl (C=O) groups excluding carboxylic acids is 4. The first kappa shape index (κ1) is 32.9. The molecule has 12 heteroatoms. The summed E-state index contributed by atoms with van der Waals surface area (Å²) in [7, 11) is 3.12. The summed E-state index contributed by atoms with van der Waals surface area (Å²) in [6.07, 6.45) is 0.155. The normalized spacial score (nSPS) is 23.6. The quantitative estimate of drug-likeness (QED) is 0.154. The van der Waals surface area contributed by atoms with E-state index in [-0.39, 0.29) is 42.2 Å². The molecule has 4 atom stereocenters. The second-order valence-electron chi connectivity index (χ2n) is 12.7. The number of ketones is 2. The molecule has 0 spiro atoms. The van der Waals surface area contributed by atoms with Gasteiger partial charge >= 0.3 is 5.97 Å². The number of carbonyl (C=O) groups is 4. The first-order valence-electron chi connectivity index (χ1n) is 15.7. The molecule has 0 unspecified atom stereocenters. The van der Waals surface area contributed by atoms with Crippen LogP contribution in [0.2, 0.25) is 0 Å². The average molecular weight is 656 g/mol. The molecule has 250 valence electrons. The van der Waals surface area contributed by atoms with Crippen LogP contribution < -0.4 is 11.1 Å². The number of aliphatic hydroxyl groups is 3. The third kappa shape index (κ3) is 4.95. The summed E-state index contributed by atoms with van der Waals surface area (Å²) in [5.41, 5.74) is 4.68. The van der Waals surface area contributed by atoms with Gasteiger partial charge in [-0.05, 0) is 78.9 Å². The fourth-order valence-corrected chi connectivity index (χ4v) is 7.76. The summed E-state index contributed by atoms with van der Waals surface area (Å²) in [4.78, 5) is 53.1. The number of phenolic OH excluding ortho intramolecular Hbond substituents is 1. The molecule has 12 nitrogen and oxygen atoms in total. The highest BCUT2D eigenvalue weighted by atomic mass is 16.5. The zero-order valence-electron chi connectivity index (χ0n) is 26.7. The number of nitrogens with one attached hydrogen (secondary N) is 1. The van der Waals surface area contributed by atoms with Crippen molar-refractivity contribution < 1.29 is 44.3 Å². The molecule has 3 aliphatic rings. The van der Waals surface area contributed by atoms with Crippen LogP contribution >= 0.6 is 0 Å². The van der Waals surface area contributed by atoms with Gasteiger partial charge in [-0.25, -0.2) is 0 Å². The lowest BCUT2D eigenvalue weighted by Gasteiger charge is -2.50. The number of benzene rings is 3. The Balaban J connectivity index is 1.47. The Kier molecular flexibility index (Phi) is 8.36. The smallest absolute Gasteiger partial charge is 0.319 e. The van der Waals surface area contributed by atoms with E-state index in [1.165, 1.54) is 11.0 Å². The second kappa shape index (κ2) is 12.2. The van der Waals surface area contributed by atoms with Crippen molar-refractivity contribution in [3.05, 3.63) is 82.1 Å². The Morgan fingerprint density at radius 1 is 1.02 bits per heavy atom. The number of nitrogens with two attached hydrogens (primary N) is 1. The number of esters is 1. The molecule has 7 N–H and O–H groups in total. The van der Waals surface area contributed by atoms with Gasteiger partial charge in [0, 0.05) is 18.0 Å². The predicted octanol–water partition coefficient (Wildman–Crippen LogP) is 2.44. The molecule has 3 aromatic rings. The number of hydrogen-bond donors (Lipinski definition) is 6. The van der Waals surface area contributed by atoms with Crippen molar-refractivity contribution in [3.63, 3.8) is 0 Å². The van der Waals surface area contributed by atoms with Crippen LogP contribution in [0.5, 0.6) is 5.75 Å². The number of amides is 1. The van der Waals surface area contributed by atoms with Crippen LogP contribution in [0.4, 0.5) is 0 Å². The molecule has 1 fully saturated rings. The lowest BCUT2D eigenvalue weighted by atomic mass is 9.57. The minimum Gasteiger partial charge on any atom is -0.508 e. The van der Waals surface area contributed by atoms with Gasteiger partial charge in [-0.2, -0.15) is 0 Å². The zero-order chi connectivity index (χ0) is 34.7. The van der Waals surface area contributed by atoms with Gasteiger partial charge < -0.3 is 36.2 Å². The molecule has 1 saturated carbocycles. The maximum atomic E-state index is 14.2. The van der Waals surface area contributed by atoms with Gasteiger partial charge in [-0.15, -0.1) is 0 Å². The van der Waals surface area contributed by atoms with Crippen molar-refractivity contribution >= 4 is 40.0 Å². The summed E-state index contributed by atoms with van der Waals surface area (Å²) < 4.78 is 5.00. The number of aromatic hydroxyl groups is 1. The summed E-state index contributed by atoms with van der Waals surface area (Å²) in [5, 5.41) is 50.6. The van der Waals surface area contributed by atoms with Crippen molar-refractivity contribution in [2.75, 3.05) is 27.2 Å². The average Bonchev–Trinajstić information content (AvgIpc) is 3.03. The number of Topliss-reactive ketones (excluding diaryl/α,β-unsaturated/α-hetero) is 2. The largest absolute Gasteiger partial charge is 0.508 e. The molecule has 0 saturated heterocycles. The molecule has 48 heavy (non-hydrogen) atoms. The molecule has 3 aliphatic carbocycles. The van der Waals surface area contributed by atoms with E-state index in [1.54, 1.807) is 27.1 Å². The van der Waals surface area contributed by atoms with E-state index in [2.05, 4.69) is 5.32 Å². The van der Waals surface area contributed by atoms with Crippen LogP contribution in [-0.4, -0.2) is 87.7 Å². The highest BCUT2D eigenvalue weighted by molar-refractivity contribution is 6.24. The van der Waals surface area contributed by atoms with Crippen molar-refractivity contribution in [2.24, 2.45) is 17.6 Å². The van der Waals surface area contributed by atoms with Crippen LogP contribution in [0.25, 0.3) is 27.7 Å². The van der Waals surface area contributed by atoms with Gasteiger partial charge in [0.1, 0.15) is 22.8 Å². The molecule has 0 aliphatic heterocycles. The second-order valence-corrected chi connectivity index (χ2v) is 12.7. The van der Waals surface area contributed by atoms with E-state index in [0.29, 0.717) is 24.3 Å². The van der Waals surface area contributed by atoms with Crippen LogP contribution in [0.15, 0.2) is 65.4 Å². The third-order valence-corrected chi connectivity index (χ3v) is 9.80. The number of aliphatic hydroxyl groups excluding tert-OH is 2. The van der Waals surface area contributed by atoms with Gasteiger partial charge in [0.2, 0.25) is 5.78 Å². The van der Waals surface area contributed by atoms with Crippen LogP contribution in [0, 0.1) is 11.8 Å². The predicted molar refractivity (Wildman–Crippen MR) is 176 cm³/mol. The number of nitrogens with zero attached hydrogens (tertiary/aromatic N) is 1. The maximum absolute atomic E-state index is 14.2. The van der Waals surface area contributed by atoms with Crippen LogP contribution in [0.1, 0.15) is 30.0 Å². The van der Waals surface area contributed by atoms with Gasteiger partial charge in [-0.1, -0.05) is 42.5 Å². The molecule has 6 rings (SSSR count). The Morgan fingerprint density at radius 2 is 1.71 bits per heavy atom. The van der Waals surface area contributed by atoms with Gasteiger partial charge in [0.15, 0.2) is 11.4 Å². The van der Waals surface area contributed by atoms with Crippen molar-refractivity contribution in [1.29, 1.82) is 0 Å². The number of primary amides is 1. The van der Waals surface area contributed by atoms with Crippen molar-refractivity contribution in [3.8, 4) is 16.9 Å². The third-order valence-electron chi connectivity index (χ3n) is 9.80. The monoisotopic (exact) mass is 655 g/mol. The van der Waals surface area contributed by atoms with Crippen LogP contribution in [-0.2, 0) is 36.9 Å². The lowest BCUT2D eigenvalue weighted by Crippen LogP contribution is -2.65. The van der Waals surface area contributed by atoms with Gasteiger partial charge in [0.05, 0.1) is 24.8 Å². The summed E-state index contributed by atoms with van der Waals surface area (Å²) in [5.74, 6) is -7.32. The highest BCUT2D eigenvalue weighted by Crippen LogP contribution is 2.54. The summed E-state index contributed by atoms with van der Waals surface area (Å²) in [6, 6.07) is 13.6. The van der Waals surface area contributed by atoms with Gasteiger partial charge in [-0.3, -0.25) is 24.1 Å². The Labute approximate surface area is 276 Å². The number of hydrogen-bond acceptors (Lipinski definition) is 11. The highest BCUT2D eigenvalue weighted by Gasteiger charge is 2.64. The topological polar surface area (TPSA) is 200 Å². The summed E-state index contributed by atoms with van der Waals surface area (Å²) in [6.45, 7) is 2.49.